The molecule has 0 spiro atoms. The topological polar surface area (TPSA) is 52.0 Å². The van der Waals surface area contributed by atoms with Gasteiger partial charge in [0.25, 0.3) is 0 Å². The summed E-state index contributed by atoms with van der Waals surface area (Å²) in [5, 5.41) is 9.59. The Morgan fingerprint density at radius 1 is 1.56 bits per heavy atom. The normalized spacial score (nSPS) is 10.6. The van der Waals surface area contributed by atoms with Crippen LogP contribution in [0.5, 0.6) is 0 Å². The Kier molecular flexibility index (Phi) is 3.90. The molecule has 0 atom stereocenters. The summed E-state index contributed by atoms with van der Waals surface area (Å²) in [7, 11) is 1.69. The maximum atomic E-state index is 4.98. The average molecular weight is 238 g/mol. The van der Waals surface area contributed by atoms with E-state index in [0.717, 1.165) is 18.1 Å². The van der Waals surface area contributed by atoms with Crippen LogP contribution in [-0.4, -0.2) is 28.5 Å². The monoisotopic (exact) mass is 238 g/mol. The number of hydrogen-bond donors (Lipinski definition) is 1. The number of nitrogens with one attached hydrogen (secondary N) is 1. The van der Waals surface area contributed by atoms with Gasteiger partial charge in [0.05, 0.1) is 30.9 Å². The molecule has 5 nitrogen and oxygen atoms in total. The van der Waals surface area contributed by atoms with E-state index in [2.05, 4.69) is 15.4 Å². The van der Waals surface area contributed by atoms with Gasteiger partial charge in [-0.05, 0) is 0 Å². The summed E-state index contributed by atoms with van der Waals surface area (Å²) in [5.41, 5.74) is 2.87. The number of nitrogens with zero attached hydrogens (tertiary/aromatic N) is 3. The number of anilines is 1. The second-order valence-electron chi connectivity index (χ2n) is 3.29. The van der Waals surface area contributed by atoms with Gasteiger partial charge in [-0.15, -0.1) is 11.3 Å². The molecule has 2 heterocycles. The molecule has 0 fully saturated rings. The molecule has 0 amide bonds. The lowest BCUT2D eigenvalue weighted by molar-refractivity contribution is 0.183. The Hall–Kier alpha value is -1.40. The van der Waals surface area contributed by atoms with Crippen molar-refractivity contribution in [2.45, 2.75) is 13.1 Å². The molecule has 2 aromatic rings. The third-order valence-corrected chi connectivity index (χ3v) is 2.73. The van der Waals surface area contributed by atoms with E-state index in [9.17, 15) is 0 Å². The quantitative estimate of drug-likeness (QED) is 0.830. The minimum atomic E-state index is 0.674. The highest BCUT2D eigenvalue weighted by atomic mass is 32.1. The molecule has 0 saturated carbocycles. The molecule has 86 valence electrons. The zero-order chi connectivity index (χ0) is 11.2. The number of rotatable bonds is 6. The van der Waals surface area contributed by atoms with Gasteiger partial charge >= 0.3 is 0 Å². The van der Waals surface area contributed by atoms with Gasteiger partial charge in [0.2, 0.25) is 0 Å². The van der Waals surface area contributed by atoms with Crippen molar-refractivity contribution in [3.63, 3.8) is 0 Å². The maximum Gasteiger partial charge on any atom is 0.148 e. The molecule has 6 heteroatoms. The van der Waals surface area contributed by atoms with Crippen molar-refractivity contribution in [1.82, 2.24) is 14.8 Å². The standard InChI is InChI=1S/C10H14N4OS/c1-15-5-4-14-3-2-10(13-14)11-6-9-7-16-8-12-9/h2-3,7-8H,4-6H2,1H3,(H,11,13). The van der Waals surface area contributed by atoms with Crippen molar-refractivity contribution in [3.05, 3.63) is 28.8 Å². The molecule has 0 aliphatic heterocycles. The van der Waals surface area contributed by atoms with Crippen LogP contribution >= 0.6 is 11.3 Å². The number of ether oxygens (including phenoxy) is 1. The second kappa shape index (κ2) is 5.62. The van der Waals surface area contributed by atoms with Crippen molar-refractivity contribution in [2.75, 3.05) is 19.0 Å². The predicted molar refractivity (Wildman–Crippen MR) is 63.5 cm³/mol. The van der Waals surface area contributed by atoms with Gasteiger partial charge in [-0.2, -0.15) is 5.10 Å². The highest BCUT2D eigenvalue weighted by Crippen LogP contribution is 2.06. The lowest BCUT2D eigenvalue weighted by Gasteiger charge is -2.01. The molecule has 1 N–H and O–H groups in total. The van der Waals surface area contributed by atoms with Gasteiger partial charge in [0, 0.05) is 24.8 Å². The first-order valence-electron chi connectivity index (χ1n) is 5.02. The van der Waals surface area contributed by atoms with Gasteiger partial charge in [-0.3, -0.25) is 4.68 Å². The fourth-order valence-electron chi connectivity index (χ4n) is 1.27. The zero-order valence-corrected chi connectivity index (χ0v) is 9.91. The van der Waals surface area contributed by atoms with Gasteiger partial charge in [-0.25, -0.2) is 4.98 Å². The molecular formula is C10H14N4OS. The first kappa shape index (κ1) is 11.1. The van der Waals surface area contributed by atoms with Gasteiger partial charge in [-0.1, -0.05) is 0 Å². The summed E-state index contributed by atoms with van der Waals surface area (Å²) in [6.45, 7) is 2.16. The molecule has 0 radical (unpaired) electrons. The van der Waals surface area contributed by atoms with Crippen LogP contribution in [0.1, 0.15) is 5.69 Å². The van der Waals surface area contributed by atoms with Gasteiger partial charge < -0.3 is 10.1 Å². The number of methoxy groups -OCH3 is 1. The Morgan fingerprint density at radius 3 is 3.25 bits per heavy atom. The van der Waals surface area contributed by atoms with E-state index in [1.54, 1.807) is 18.4 Å². The minimum Gasteiger partial charge on any atom is -0.383 e. The second-order valence-corrected chi connectivity index (χ2v) is 4.01. The zero-order valence-electron chi connectivity index (χ0n) is 9.09. The minimum absolute atomic E-state index is 0.674. The Morgan fingerprint density at radius 2 is 2.50 bits per heavy atom. The summed E-state index contributed by atoms with van der Waals surface area (Å²) in [5.74, 6) is 0.865. The van der Waals surface area contributed by atoms with Crippen molar-refractivity contribution < 1.29 is 4.74 Å². The molecular weight excluding hydrogens is 224 g/mol. The third-order valence-electron chi connectivity index (χ3n) is 2.10. The number of hydrogen-bond acceptors (Lipinski definition) is 5. The molecule has 2 rings (SSSR count). The fourth-order valence-corrected chi connectivity index (χ4v) is 1.83. The van der Waals surface area contributed by atoms with E-state index in [1.165, 1.54) is 0 Å². The maximum absolute atomic E-state index is 4.98. The van der Waals surface area contributed by atoms with Gasteiger partial charge in [0.15, 0.2) is 0 Å². The molecule has 16 heavy (non-hydrogen) atoms. The summed E-state index contributed by atoms with van der Waals surface area (Å²) in [4.78, 5) is 4.19. The fraction of sp³-hybridized carbons (Fsp3) is 0.400. The summed E-state index contributed by atoms with van der Waals surface area (Å²) in [6, 6.07) is 1.95. The summed E-state index contributed by atoms with van der Waals surface area (Å²) < 4.78 is 6.84. The highest BCUT2D eigenvalue weighted by Gasteiger charge is 1.99. The first-order valence-corrected chi connectivity index (χ1v) is 5.96. The van der Waals surface area contributed by atoms with E-state index in [-0.39, 0.29) is 0 Å². The highest BCUT2D eigenvalue weighted by molar-refractivity contribution is 7.07. The van der Waals surface area contributed by atoms with Crippen LogP contribution in [0, 0.1) is 0 Å². The summed E-state index contributed by atoms with van der Waals surface area (Å²) in [6.07, 6.45) is 1.93. The van der Waals surface area contributed by atoms with Crippen molar-refractivity contribution in [3.8, 4) is 0 Å². The van der Waals surface area contributed by atoms with Crippen LogP contribution in [0.2, 0.25) is 0 Å². The largest absolute Gasteiger partial charge is 0.383 e. The van der Waals surface area contributed by atoms with Crippen LogP contribution in [0.25, 0.3) is 0 Å². The van der Waals surface area contributed by atoms with Crippen LogP contribution in [-0.2, 0) is 17.8 Å². The molecule has 0 saturated heterocycles. The lowest BCUT2D eigenvalue weighted by atomic mass is 10.5. The van der Waals surface area contributed by atoms with Crippen LogP contribution in [0.15, 0.2) is 23.2 Å². The molecule has 0 aliphatic rings. The van der Waals surface area contributed by atoms with Crippen molar-refractivity contribution in [2.24, 2.45) is 0 Å². The SMILES string of the molecule is COCCn1ccc(NCc2cscn2)n1. The number of thiazole rings is 1. The first-order chi connectivity index (χ1) is 7.88. The van der Waals surface area contributed by atoms with Crippen LogP contribution in [0.4, 0.5) is 5.82 Å². The smallest absolute Gasteiger partial charge is 0.148 e. The third kappa shape index (κ3) is 3.04. The molecule has 0 unspecified atom stereocenters. The Bertz CT molecular complexity index is 412. The van der Waals surface area contributed by atoms with Crippen molar-refractivity contribution in [1.29, 1.82) is 0 Å². The number of aromatic nitrogens is 3. The van der Waals surface area contributed by atoms with Crippen molar-refractivity contribution >= 4 is 17.2 Å². The Labute approximate surface area is 98.1 Å². The van der Waals surface area contributed by atoms with E-state index in [4.69, 9.17) is 4.74 Å². The van der Waals surface area contributed by atoms with E-state index in [0.29, 0.717) is 13.2 Å². The van der Waals surface area contributed by atoms with Gasteiger partial charge in [0.1, 0.15) is 5.82 Å². The van der Waals surface area contributed by atoms with E-state index in [1.807, 2.05) is 27.8 Å². The molecule has 0 bridgehead atoms. The molecule has 2 aromatic heterocycles. The predicted octanol–water partition coefficient (Wildman–Crippen LogP) is 1.60. The molecule has 0 aromatic carbocycles. The van der Waals surface area contributed by atoms with E-state index >= 15 is 0 Å². The summed E-state index contributed by atoms with van der Waals surface area (Å²) >= 11 is 1.60. The van der Waals surface area contributed by atoms with Crippen LogP contribution < -0.4 is 5.32 Å². The van der Waals surface area contributed by atoms with E-state index < -0.39 is 0 Å². The Balaban J connectivity index is 1.83. The molecule has 0 aliphatic carbocycles. The lowest BCUT2D eigenvalue weighted by Crippen LogP contribution is -2.06. The average Bonchev–Trinajstić information content (AvgIpc) is 2.95. The van der Waals surface area contributed by atoms with Crippen LogP contribution in [0.3, 0.4) is 0 Å².